The lowest BCUT2D eigenvalue weighted by Crippen LogP contribution is -2.47. The number of imidazole rings is 1. The monoisotopic (exact) mass is 485 g/mol. The molecule has 4 aromatic rings. The third-order valence-corrected chi connectivity index (χ3v) is 7.20. The first kappa shape index (κ1) is 22.6. The van der Waals surface area contributed by atoms with E-state index in [-0.39, 0.29) is 6.79 Å². The minimum Gasteiger partial charge on any atom is -0.454 e. The zero-order valence-corrected chi connectivity index (χ0v) is 20.8. The van der Waals surface area contributed by atoms with Crippen LogP contribution in [-0.4, -0.2) is 70.5 Å². The summed E-state index contributed by atoms with van der Waals surface area (Å²) in [4.78, 5) is 18.6. The second-order valence-electron chi connectivity index (χ2n) is 9.37. The molecule has 0 unspecified atom stereocenters. The van der Waals surface area contributed by atoms with E-state index in [1.807, 2.05) is 22.8 Å². The SMILES string of the molecule is Cc1cccc(N2CCN(CCCNc3ncnc4c3ncn4-c3ccc4c(c3)OCO4)CC2)c1C. The Kier molecular flexibility index (Phi) is 6.06. The van der Waals surface area contributed by atoms with Gasteiger partial charge in [-0.1, -0.05) is 12.1 Å². The number of fused-ring (bicyclic) bond motifs is 2. The van der Waals surface area contributed by atoms with Crippen LogP contribution in [0.15, 0.2) is 49.1 Å². The fraction of sp³-hybridized carbons (Fsp3) is 0.370. The van der Waals surface area contributed by atoms with Crippen LogP contribution in [0.5, 0.6) is 11.5 Å². The lowest BCUT2D eigenvalue weighted by atomic mass is 10.1. The third-order valence-electron chi connectivity index (χ3n) is 7.20. The molecule has 1 N–H and O–H groups in total. The summed E-state index contributed by atoms with van der Waals surface area (Å²) >= 11 is 0. The highest BCUT2D eigenvalue weighted by Gasteiger charge is 2.19. The molecule has 9 heteroatoms. The van der Waals surface area contributed by atoms with E-state index in [9.17, 15) is 0 Å². The fourth-order valence-corrected chi connectivity index (χ4v) is 4.99. The molecule has 2 aromatic carbocycles. The number of hydrogen-bond donors (Lipinski definition) is 1. The van der Waals surface area contributed by atoms with Gasteiger partial charge in [0.25, 0.3) is 0 Å². The molecular formula is C27H31N7O2. The summed E-state index contributed by atoms with van der Waals surface area (Å²) in [5, 5.41) is 3.47. The Morgan fingerprint density at radius 1 is 0.944 bits per heavy atom. The first-order valence-electron chi connectivity index (χ1n) is 12.5. The van der Waals surface area contributed by atoms with E-state index in [4.69, 9.17) is 9.47 Å². The van der Waals surface area contributed by atoms with E-state index in [2.05, 4.69) is 62.1 Å². The third kappa shape index (κ3) is 4.30. The molecule has 0 spiro atoms. The van der Waals surface area contributed by atoms with Gasteiger partial charge in [0.1, 0.15) is 12.7 Å². The maximum Gasteiger partial charge on any atom is 0.231 e. The van der Waals surface area contributed by atoms with Crippen LogP contribution < -0.4 is 19.7 Å². The molecule has 0 amide bonds. The number of piperazine rings is 1. The lowest BCUT2D eigenvalue weighted by molar-refractivity contribution is 0.174. The molecular weight excluding hydrogens is 454 g/mol. The molecule has 186 valence electrons. The topological polar surface area (TPSA) is 80.6 Å². The number of ether oxygens (including phenoxy) is 2. The number of aromatic nitrogens is 4. The molecule has 36 heavy (non-hydrogen) atoms. The van der Waals surface area contributed by atoms with Crippen molar-refractivity contribution in [1.82, 2.24) is 24.4 Å². The number of hydrogen-bond acceptors (Lipinski definition) is 8. The van der Waals surface area contributed by atoms with E-state index >= 15 is 0 Å². The highest BCUT2D eigenvalue weighted by Crippen LogP contribution is 2.34. The Bertz CT molecular complexity index is 1380. The van der Waals surface area contributed by atoms with Gasteiger partial charge in [0, 0.05) is 44.5 Å². The van der Waals surface area contributed by atoms with Crippen molar-refractivity contribution in [3.05, 3.63) is 60.2 Å². The van der Waals surface area contributed by atoms with Crippen molar-refractivity contribution in [2.45, 2.75) is 20.3 Å². The van der Waals surface area contributed by atoms with Crippen LogP contribution in [0.25, 0.3) is 16.9 Å². The van der Waals surface area contributed by atoms with Crippen LogP contribution in [0.2, 0.25) is 0 Å². The molecule has 0 atom stereocenters. The molecule has 0 saturated carbocycles. The molecule has 2 aliphatic heterocycles. The van der Waals surface area contributed by atoms with Crippen molar-refractivity contribution in [2.75, 3.05) is 56.3 Å². The van der Waals surface area contributed by atoms with E-state index < -0.39 is 0 Å². The van der Waals surface area contributed by atoms with Gasteiger partial charge >= 0.3 is 0 Å². The average molecular weight is 486 g/mol. The van der Waals surface area contributed by atoms with Crippen molar-refractivity contribution < 1.29 is 9.47 Å². The van der Waals surface area contributed by atoms with Gasteiger partial charge < -0.3 is 19.7 Å². The molecule has 0 radical (unpaired) electrons. The zero-order valence-electron chi connectivity index (χ0n) is 20.8. The summed E-state index contributed by atoms with van der Waals surface area (Å²) in [6.45, 7) is 10.9. The molecule has 1 saturated heterocycles. The van der Waals surface area contributed by atoms with Gasteiger partial charge in [-0.3, -0.25) is 9.47 Å². The summed E-state index contributed by atoms with van der Waals surface area (Å²) in [5.74, 6) is 2.25. The number of nitrogens with one attached hydrogen (secondary N) is 1. The lowest BCUT2D eigenvalue weighted by Gasteiger charge is -2.37. The summed E-state index contributed by atoms with van der Waals surface area (Å²) in [5.41, 5.74) is 6.58. The van der Waals surface area contributed by atoms with Crippen LogP contribution >= 0.6 is 0 Å². The zero-order chi connectivity index (χ0) is 24.5. The Hall–Kier alpha value is -3.85. The van der Waals surface area contributed by atoms with Gasteiger partial charge in [-0.05, 0) is 56.1 Å². The standard InChI is InChI=1S/C27H31N7O2/c1-19-5-3-6-22(20(19)2)33-13-11-32(12-14-33)10-4-9-28-26-25-27(30-16-29-26)34(17-31-25)21-7-8-23-24(15-21)36-18-35-23/h3,5-8,15-17H,4,9-14,18H2,1-2H3,(H,28,29,30). The Labute approximate surface area is 210 Å². The van der Waals surface area contributed by atoms with E-state index in [0.717, 1.165) is 79.9 Å². The van der Waals surface area contributed by atoms with Crippen LogP contribution in [0.1, 0.15) is 17.5 Å². The molecule has 4 heterocycles. The van der Waals surface area contributed by atoms with Gasteiger partial charge in [-0.15, -0.1) is 0 Å². The average Bonchev–Trinajstić information content (AvgIpc) is 3.56. The summed E-state index contributed by atoms with van der Waals surface area (Å²) in [7, 11) is 0. The van der Waals surface area contributed by atoms with Crippen molar-refractivity contribution in [3.8, 4) is 17.2 Å². The first-order valence-corrected chi connectivity index (χ1v) is 12.5. The van der Waals surface area contributed by atoms with Crippen LogP contribution in [-0.2, 0) is 0 Å². The number of benzene rings is 2. The molecule has 9 nitrogen and oxygen atoms in total. The Morgan fingerprint density at radius 2 is 1.81 bits per heavy atom. The van der Waals surface area contributed by atoms with Gasteiger partial charge in [0.15, 0.2) is 28.5 Å². The second kappa shape index (κ2) is 9.66. The minimum atomic E-state index is 0.252. The molecule has 2 aromatic heterocycles. The number of nitrogens with zero attached hydrogens (tertiary/aromatic N) is 6. The quantitative estimate of drug-likeness (QED) is 0.396. The van der Waals surface area contributed by atoms with E-state index in [1.165, 1.54) is 16.8 Å². The van der Waals surface area contributed by atoms with Gasteiger partial charge in [-0.25, -0.2) is 15.0 Å². The minimum absolute atomic E-state index is 0.252. The van der Waals surface area contributed by atoms with Crippen molar-refractivity contribution >= 4 is 22.7 Å². The van der Waals surface area contributed by atoms with Gasteiger partial charge in [0.05, 0.1) is 5.69 Å². The Balaban J connectivity index is 1.04. The van der Waals surface area contributed by atoms with Gasteiger partial charge in [-0.2, -0.15) is 0 Å². The predicted molar refractivity (Wildman–Crippen MR) is 140 cm³/mol. The number of rotatable bonds is 7. The molecule has 2 aliphatic rings. The largest absolute Gasteiger partial charge is 0.454 e. The van der Waals surface area contributed by atoms with E-state index in [1.54, 1.807) is 12.7 Å². The van der Waals surface area contributed by atoms with Gasteiger partial charge in [0.2, 0.25) is 6.79 Å². The fourth-order valence-electron chi connectivity index (χ4n) is 4.99. The Morgan fingerprint density at radius 3 is 2.69 bits per heavy atom. The highest BCUT2D eigenvalue weighted by molar-refractivity contribution is 5.84. The molecule has 1 fully saturated rings. The van der Waals surface area contributed by atoms with Crippen LogP contribution in [0, 0.1) is 13.8 Å². The van der Waals surface area contributed by atoms with Crippen molar-refractivity contribution in [3.63, 3.8) is 0 Å². The molecule has 0 aliphatic carbocycles. The normalized spacial score (nSPS) is 15.6. The van der Waals surface area contributed by atoms with Crippen molar-refractivity contribution in [2.24, 2.45) is 0 Å². The predicted octanol–water partition coefficient (Wildman–Crippen LogP) is 3.79. The summed E-state index contributed by atoms with van der Waals surface area (Å²) < 4.78 is 12.9. The van der Waals surface area contributed by atoms with Crippen molar-refractivity contribution in [1.29, 1.82) is 0 Å². The molecule has 6 rings (SSSR count). The number of aryl methyl sites for hydroxylation is 1. The van der Waals surface area contributed by atoms with E-state index in [0.29, 0.717) is 0 Å². The molecule has 0 bridgehead atoms. The van der Waals surface area contributed by atoms with Crippen LogP contribution in [0.3, 0.4) is 0 Å². The maximum atomic E-state index is 5.52. The second-order valence-corrected chi connectivity index (χ2v) is 9.37. The summed E-state index contributed by atoms with van der Waals surface area (Å²) in [6.07, 6.45) is 4.40. The maximum absolute atomic E-state index is 5.52. The summed E-state index contributed by atoms with van der Waals surface area (Å²) in [6, 6.07) is 12.4. The highest BCUT2D eigenvalue weighted by atomic mass is 16.7. The number of anilines is 2. The first-order chi connectivity index (χ1) is 17.7. The van der Waals surface area contributed by atoms with Crippen LogP contribution in [0.4, 0.5) is 11.5 Å². The smallest absolute Gasteiger partial charge is 0.231 e.